The standard InChI is InChI=1S/C10H11FN2O3/c1-2-3-12-10(14)7-4-8(11)6-9(5-7)13(15)16/h4-6H,2-3H2,1H3,(H,12,14). The molecule has 0 saturated heterocycles. The van der Waals surface area contributed by atoms with Crippen molar-refractivity contribution < 1.29 is 14.1 Å². The molecule has 0 spiro atoms. The molecule has 1 aromatic rings. The Labute approximate surface area is 91.4 Å². The number of carbonyl (C=O) groups is 1. The smallest absolute Gasteiger partial charge is 0.273 e. The third-order valence-corrected chi connectivity index (χ3v) is 1.89. The molecular formula is C10H11FN2O3. The van der Waals surface area contributed by atoms with Crippen molar-refractivity contribution in [2.45, 2.75) is 13.3 Å². The van der Waals surface area contributed by atoms with E-state index in [1.54, 1.807) is 0 Å². The van der Waals surface area contributed by atoms with Crippen molar-refractivity contribution in [2.75, 3.05) is 6.54 Å². The number of hydrogen-bond donors (Lipinski definition) is 1. The topological polar surface area (TPSA) is 72.2 Å². The summed E-state index contributed by atoms with van der Waals surface area (Å²) in [5.41, 5.74) is -0.471. The first kappa shape index (κ1) is 12.1. The van der Waals surface area contributed by atoms with E-state index in [2.05, 4.69) is 5.32 Å². The van der Waals surface area contributed by atoms with Gasteiger partial charge >= 0.3 is 0 Å². The number of nitrogens with zero attached hydrogens (tertiary/aromatic N) is 1. The van der Waals surface area contributed by atoms with Crippen LogP contribution in [0.1, 0.15) is 23.7 Å². The Kier molecular flexibility index (Phi) is 3.93. The second-order valence-corrected chi connectivity index (χ2v) is 3.21. The third-order valence-electron chi connectivity index (χ3n) is 1.89. The molecule has 1 aromatic carbocycles. The van der Waals surface area contributed by atoms with Crippen LogP contribution in [0.5, 0.6) is 0 Å². The summed E-state index contributed by atoms with van der Waals surface area (Å²) in [6.45, 7) is 2.32. The molecule has 0 heterocycles. The van der Waals surface area contributed by atoms with Gasteiger partial charge < -0.3 is 5.32 Å². The molecule has 0 bridgehead atoms. The second-order valence-electron chi connectivity index (χ2n) is 3.21. The lowest BCUT2D eigenvalue weighted by atomic mass is 10.2. The average Bonchev–Trinajstić information content (AvgIpc) is 2.24. The number of rotatable bonds is 4. The third kappa shape index (κ3) is 3.01. The predicted octanol–water partition coefficient (Wildman–Crippen LogP) is 1.87. The van der Waals surface area contributed by atoms with Gasteiger partial charge in [-0.25, -0.2) is 4.39 Å². The summed E-state index contributed by atoms with van der Waals surface area (Å²) in [7, 11) is 0. The van der Waals surface area contributed by atoms with Crippen molar-refractivity contribution in [1.82, 2.24) is 5.32 Å². The molecule has 0 aliphatic heterocycles. The van der Waals surface area contributed by atoms with Gasteiger partial charge in [-0.15, -0.1) is 0 Å². The van der Waals surface area contributed by atoms with Gasteiger partial charge in [-0.1, -0.05) is 6.92 Å². The van der Waals surface area contributed by atoms with Gasteiger partial charge in [-0.2, -0.15) is 0 Å². The molecule has 0 radical (unpaired) electrons. The fourth-order valence-electron chi connectivity index (χ4n) is 1.15. The van der Waals surface area contributed by atoms with E-state index in [0.717, 1.165) is 24.6 Å². The molecule has 1 amide bonds. The van der Waals surface area contributed by atoms with Crippen molar-refractivity contribution in [1.29, 1.82) is 0 Å². The molecular weight excluding hydrogens is 215 g/mol. The number of non-ortho nitro benzene ring substituents is 1. The van der Waals surface area contributed by atoms with Crippen LogP contribution in [0.2, 0.25) is 0 Å². The van der Waals surface area contributed by atoms with Crippen LogP contribution in [-0.2, 0) is 0 Å². The van der Waals surface area contributed by atoms with E-state index in [9.17, 15) is 19.3 Å². The highest BCUT2D eigenvalue weighted by Gasteiger charge is 2.13. The molecule has 86 valence electrons. The molecule has 1 rings (SSSR count). The number of carbonyl (C=O) groups excluding carboxylic acids is 1. The monoisotopic (exact) mass is 226 g/mol. The second kappa shape index (κ2) is 5.20. The zero-order valence-corrected chi connectivity index (χ0v) is 8.70. The van der Waals surface area contributed by atoms with Crippen molar-refractivity contribution in [3.63, 3.8) is 0 Å². The minimum Gasteiger partial charge on any atom is -0.352 e. The first-order valence-electron chi connectivity index (χ1n) is 4.77. The molecule has 0 aliphatic carbocycles. The number of nitrogens with one attached hydrogen (secondary N) is 1. The van der Waals surface area contributed by atoms with Crippen molar-refractivity contribution in [2.24, 2.45) is 0 Å². The van der Waals surface area contributed by atoms with Gasteiger partial charge in [0.2, 0.25) is 0 Å². The van der Waals surface area contributed by atoms with E-state index >= 15 is 0 Å². The van der Waals surface area contributed by atoms with E-state index in [1.807, 2.05) is 6.92 Å². The largest absolute Gasteiger partial charge is 0.352 e. The van der Waals surface area contributed by atoms with Gasteiger partial charge in [-0.3, -0.25) is 14.9 Å². The molecule has 0 saturated carbocycles. The lowest BCUT2D eigenvalue weighted by molar-refractivity contribution is -0.385. The predicted molar refractivity (Wildman–Crippen MR) is 55.7 cm³/mol. The summed E-state index contributed by atoms with van der Waals surface area (Å²) < 4.78 is 13.0. The zero-order valence-electron chi connectivity index (χ0n) is 8.70. The lowest BCUT2D eigenvalue weighted by Gasteiger charge is -2.03. The maximum atomic E-state index is 13.0. The summed E-state index contributed by atoms with van der Waals surface area (Å²) in [5, 5.41) is 13.0. The normalized spacial score (nSPS) is 9.88. The summed E-state index contributed by atoms with van der Waals surface area (Å²) in [6.07, 6.45) is 0.739. The molecule has 1 N–H and O–H groups in total. The first-order valence-corrected chi connectivity index (χ1v) is 4.77. The molecule has 0 atom stereocenters. The van der Waals surface area contributed by atoms with Crippen LogP contribution in [-0.4, -0.2) is 17.4 Å². The van der Waals surface area contributed by atoms with Crippen LogP contribution in [0.25, 0.3) is 0 Å². The molecule has 16 heavy (non-hydrogen) atoms. The maximum Gasteiger partial charge on any atom is 0.273 e. The Hall–Kier alpha value is -1.98. The van der Waals surface area contributed by atoms with E-state index < -0.39 is 22.3 Å². The van der Waals surface area contributed by atoms with Gasteiger partial charge in [0.1, 0.15) is 5.82 Å². The number of benzene rings is 1. The number of hydrogen-bond acceptors (Lipinski definition) is 3. The van der Waals surface area contributed by atoms with Gasteiger partial charge in [-0.05, 0) is 12.5 Å². The van der Waals surface area contributed by atoms with Crippen molar-refractivity contribution in [3.05, 3.63) is 39.7 Å². The van der Waals surface area contributed by atoms with E-state index in [0.29, 0.717) is 6.54 Å². The number of amides is 1. The highest BCUT2D eigenvalue weighted by Crippen LogP contribution is 2.16. The summed E-state index contributed by atoms with van der Waals surface area (Å²) >= 11 is 0. The Balaban J connectivity index is 2.95. The minimum absolute atomic E-state index is 0.0415. The molecule has 0 unspecified atom stereocenters. The zero-order chi connectivity index (χ0) is 12.1. The summed E-state index contributed by atoms with van der Waals surface area (Å²) in [5.74, 6) is -1.31. The lowest BCUT2D eigenvalue weighted by Crippen LogP contribution is -2.24. The Morgan fingerprint density at radius 1 is 1.50 bits per heavy atom. The molecule has 0 fully saturated rings. The maximum absolute atomic E-state index is 13.0. The van der Waals surface area contributed by atoms with Crippen LogP contribution in [0.3, 0.4) is 0 Å². The highest BCUT2D eigenvalue weighted by atomic mass is 19.1. The van der Waals surface area contributed by atoms with Crippen LogP contribution >= 0.6 is 0 Å². The first-order chi connectivity index (χ1) is 7.54. The minimum atomic E-state index is -0.796. The number of nitro groups is 1. The van der Waals surface area contributed by atoms with Crippen LogP contribution in [0.15, 0.2) is 18.2 Å². The van der Waals surface area contributed by atoms with Crippen LogP contribution < -0.4 is 5.32 Å². The quantitative estimate of drug-likeness (QED) is 0.629. The van der Waals surface area contributed by atoms with E-state index in [4.69, 9.17) is 0 Å². The van der Waals surface area contributed by atoms with Gasteiger partial charge in [0.25, 0.3) is 11.6 Å². The van der Waals surface area contributed by atoms with Gasteiger partial charge in [0.15, 0.2) is 0 Å². The van der Waals surface area contributed by atoms with Crippen molar-refractivity contribution in [3.8, 4) is 0 Å². The average molecular weight is 226 g/mol. The Morgan fingerprint density at radius 3 is 2.75 bits per heavy atom. The number of halogens is 1. The highest BCUT2D eigenvalue weighted by molar-refractivity contribution is 5.94. The number of nitro benzene ring substituents is 1. The summed E-state index contributed by atoms with van der Waals surface area (Å²) in [4.78, 5) is 21.1. The van der Waals surface area contributed by atoms with Crippen molar-refractivity contribution >= 4 is 11.6 Å². The Morgan fingerprint density at radius 2 is 2.19 bits per heavy atom. The van der Waals surface area contributed by atoms with E-state index in [1.165, 1.54) is 0 Å². The fraction of sp³-hybridized carbons (Fsp3) is 0.300. The fourth-order valence-corrected chi connectivity index (χ4v) is 1.15. The molecule has 6 heteroatoms. The summed E-state index contributed by atoms with van der Waals surface area (Å²) in [6, 6.07) is 2.79. The Bertz CT molecular complexity index is 421. The molecule has 5 nitrogen and oxygen atoms in total. The van der Waals surface area contributed by atoms with Crippen LogP contribution in [0.4, 0.5) is 10.1 Å². The van der Waals surface area contributed by atoms with E-state index in [-0.39, 0.29) is 5.56 Å². The van der Waals surface area contributed by atoms with Gasteiger partial charge in [0.05, 0.1) is 11.0 Å². The SMILES string of the molecule is CCCNC(=O)c1cc(F)cc([N+](=O)[O-])c1. The molecule has 0 aliphatic rings. The van der Waals surface area contributed by atoms with Crippen LogP contribution in [0, 0.1) is 15.9 Å². The molecule has 0 aromatic heterocycles. The van der Waals surface area contributed by atoms with Gasteiger partial charge in [0, 0.05) is 18.2 Å².